The number of fused-ring (bicyclic) bond motifs is 1. The van der Waals surface area contributed by atoms with Crippen molar-refractivity contribution in [2.45, 2.75) is 11.8 Å². The summed E-state index contributed by atoms with van der Waals surface area (Å²) in [5, 5.41) is 8.53. The van der Waals surface area contributed by atoms with Crippen molar-refractivity contribution in [1.82, 2.24) is 20.2 Å². The van der Waals surface area contributed by atoms with Gasteiger partial charge in [-0.05, 0) is 25.1 Å². The summed E-state index contributed by atoms with van der Waals surface area (Å²) in [7, 11) is -2.48. The molecule has 2 heterocycles. The highest BCUT2D eigenvalue weighted by atomic mass is 35.5. The molecule has 0 fully saturated rings. The molecule has 0 atom stereocenters. The van der Waals surface area contributed by atoms with Crippen LogP contribution in [0.5, 0.6) is 5.88 Å². The monoisotopic (exact) mass is 353 g/mol. The number of benzene rings is 1. The predicted octanol–water partition coefficient (Wildman–Crippen LogP) is 2.12. The fourth-order valence-electron chi connectivity index (χ4n) is 2.07. The Morgan fingerprint density at radius 1 is 1.30 bits per heavy atom. The summed E-state index contributed by atoms with van der Waals surface area (Å²) in [6.07, 6.45) is 1.38. The van der Waals surface area contributed by atoms with Crippen LogP contribution < -0.4 is 9.46 Å². The lowest BCUT2D eigenvalue weighted by atomic mass is 10.2. The van der Waals surface area contributed by atoms with E-state index in [1.807, 2.05) is 0 Å². The van der Waals surface area contributed by atoms with Gasteiger partial charge in [0.15, 0.2) is 0 Å². The molecular weight excluding hydrogens is 342 g/mol. The smallest absolute Gasteiger partial charge is 0.266 e. The number of sulfonamides is 1. The Morgan fingerprint density at radius 2 is 2.09 bits per heavy atom. The fourth-order valence-corrected chi connectivity index (χ4v) is 3.36. The maximum Gasteiger partial charge on any atom is 0.266 e. The van der Waals surface area contributed by atoms with Crippen molar-refractivity contribution < 1.29 is 13.2 Å². The van der Waals surface area contributed by atoms with Gasteiger partial charge in [-0.25, -0.2) is 13.1 Å². The zero-order valence-corrected chi connectivity index (χ0v) is 13.7. The lowest BCUT2D eigenvalue weighted by Crippen LogP contribution is -2.16. The van der Waals surface area contributed by atoms with Crippen LogP contribution in [0, 0.1) is 6.92 Å². The Morgan fingerprint density at radius 3 is 2.83 bits per heavy atom. The molecule has 10 heteroatoms. The first-order valence-electron chi connectivity index (χ1n) is 6.45. The van der Waals surface area contributed by atoms with Gasteiger partial charge in [0.25, 0.3) is 16.0 Å². The SMILES string of the molecule is COc1nc(NS(=O)(=O)c2c[nH]c3cc(Cl)ccc23)nnc1C. The van der Waals surface area contributed by atoms with Gasteiger partial charge < -0.3 is 9.72 Å². The number of rotatable bonds is 4. The zero-order valence-electron chi connectivity index (χ0n) is 12.2. The van der Waals surface area contributed by atoms with Gasteiger partial charge in [-0.3, -0.25) is 0 Å². The number of nitrogens with one attached hydrogen (secondary N) is 2. The summed E-state index contributed by atoms with van der Waals surface area (Å²) in [5.41, 5.74) is 1.07. The Bertz CT molecular complexity index is 986. The van der Waals surface area contributed by atoms with E-state index in [9.17, 15) is 8.42 Å². The van der Waals surface area contributed by atoms with E-state index < -0.39 is 10.0 Å². The van der Waals surface area contributed by atoms with Gasteiger partial charge in [-0.2, -0.15) is 4.98 Å². The van der Waals surface area contributed by atoms with Crippen LogP contribution in [0.15, 0.2) is 29.3 Å². The summed E-state index contributed by atoms with van der Waals surface area (Å²) in [5.74, 6) is 0.0270. The first kappa shape index (κ1) is 15.5. The second-order valence-corrected chi connectivity index (χ2v) is 6.77. The Kier molecular flexibility index (Phi) is 3.82. The Labute approximate surface area is 136 Å². The third kappa shape index (κ3) is 2.92. The van der Waals surface area contributed by atoms with Crippen LogP contribution in [0.4, 0.5) is 5.95 Å². The molecule has 2 N–H and O–H groups in total. The van der Waals surface area contributed by atoms with E-state index in [1.165, 1.54) is 13.3 Å². The molecular formula is C13H12ClN5O3S. The highest BCUT2D eigenvalue weighted by Gasteiger charge is 2.21. The maximum atomic E-state index is 12.5. The number of hydrogen-bond acceptors (Lipinski definition) is 6. The van der Waals surface area contributed by atoms with Crippen molar-refractivity contribution in [2.24, 2.45) is 0 Å². The number of anilines is 1. The van der Waals surface area contributed by atoms with Crippen LogP contribution in [0.25, 0.3) is 10.9 Å². The standard InChI is InChI=1S/C13H12ClN5O3S/c1-7-12(22-2)16-13(18-17-7)19-23(20,21)11-6-15-10-5-8(14)3-4-9(10)11/h3-6,15H,1-2H3,(H,16,18,19). The maximum absolute atomic E-state index is 12.5. The number of aromatic nitrogens is 4. The first-order chi connectivity index (χ1) is 10.9. The molecule has 23 heavy (non-hydrogen) atoms. The second-order valence-electron chi connectivity index (χ2n) is 4.68. The van der Waals surface area contributed by atoms with E-state index in [0.29, 0.717) is 21.6 Å². The van der Waals surface area contributed by atoms with Gasteiger partial charge in [0, 0.05) is 22.1 Å². The lowest BCUT2D eigenvalue weighted by Gasteiger charge is -2.07. The molecule has 0 bridgehead atoms. The average molecular weight is 354 g/mol. The number of halogens is 1. The number of hydrogen-bond donors (Lipinski definition) is 2. The highest BCUT2D eigenvalue weighted by Crippen LogP contribution is 2.26. The fraction of sp³-hybridized carbons (Fsp3) is 0.154. The number of ether oxygens (including phenoxy) is 1. The molecule has 2 aromatic heterocycles. The molecule has 0 unspecified atom stereocenters. The molecule has 0 saturated heterocycles. The van der Waals surface area contributed by atoms with Gasteiger partial charge >= 0.3 is 0 Å². The van der Waals surface area contributed by atoms with Crippen molar-refractivity contribution in [3.8, 4) is 5.88 Å². The van der Waals surface area contributed by atoms with Gasteiger partial charge in [-0.15, -0.1) is 10.2 Å². The van der Waals surface area contributed by atoms with Crippen LogP contribution in [-0.4, -0.2) is 35.7 Å². The number of aryl methyl sites for hydroxylation is 1. The van der Waals surface area contributed by atoms with Crippen LogP contribution in [0.2, 0.25) is 5.02 Å². The molecule has 0 aliphatic heterocycles. The number of aromatic amines is 1. The van der Waals surface area contributed by atoms with E-state index in [0.717, 1.165) is 0 Å². The summed E-state index contributed by atoms with van der Waals surface area (Å²) >= 11 is 5.89. The molecule has 3 aromatic rings. The Balaban J connectivity index is 2.01. The lowest BCUT2D eigenvalue weighted by molar-refractivity contribution is 0.390. The normalized spacial score (nSPS) is 11.6. The van der Waals surface area contributed by atoms with Crippen LogP contribution in [0.3, 0.4) is 0 Å². The molecule has 1 aromatic carbocycles. The molecule has 0 spiro atoms. The minimum Gasteiger partial charge on any atom is -0.480 e. The minimum atomic E-state index is -3.89. The summed E-state index contributed by atoms with van der Waals surface area (Å²) in [4.78, 5) is 6.89. The molecule has 0 aliphatic rings. The van der Waals surface area contributed by atoms with E-state index >= 15 is 0 Å². The molecule has 0 saturated carbocycles. The van der Waals surface area contributed by atoms with Gasteiger partial charge in [0.2, 0.25) is 5.88 Å². The van der Waals surface area contributed by atoms with E-state index in [-0.39, 0.29) is 16.7 Å². The topological polar surface area (TPSA) is 110 Å². The van der Waals surface area contributed by atoms with Crippen LogP contribution >= 0.6 is 11.6 Å². The molecule has 0 radical (unpaired) electrons. The third-order valence-electron chi connectivity index (χ3n) is 3.13. The average Bonchev–Trinajstić information content (AvgIpc) is 2.92. The van der Waals surface area contributed by atoms with E-state index in [1.54, 1.807) is 25.1 Å². The van der Waals surface area contributed by atoms with Crippen LogP contribution in [0.1, 0.15) is 5.69 Å². The van der Waals surface area contributed by atoms with Gasteiger partial charge in [0.1, 0.15) is 10.6 Å². The van der Waals surface area contributed by atoms with Gasteiger partial charge in [-0.1, -0.05) is 11.6 Å². The molecule has 0 aliphatic carbocycles. The quantitative estimate of drug-likeness (QED) is 0.743. The third-order valence-corrected chi connectivity index (χ3v) is 4.73. The summed E-state index contributed by atoms with van der Waals surface area (Å²) in [6, 6.07) is 4.88. The largest absolute Gasteiger partial charge is 0.480 e. The number of H-pyrrole nitrogens is 1. The first-order valence-corrected chi connectivity index (χ1v) is 8.31. The second kappa shape index (κ2) is 5.67. The molecule has 120 valence electrons. The van der Waals surface area contributed by atoms with E-state index in [4.69, 9.17) is 16.3 Å². The van der Waals surface area contributed by atoms with Crippen molar-refractivity contribution in [3.05, 3.63) is 35.1 Å². The minimum absolute atomic E-state index is 0.0623. The zero-order chi connectivity index (χ0) is 16.6. The Hall–Kier alpha value is -2.39. The molecule has 0 amide bonds. The van der Waals surface area contributed by atoms with Crippen molar-refractivity contribution >= 4 is 38.5 Å². The molecule has 8 nitrogen and oxygen atoms in total. The van der Waals surface area contributed by atoms with Crippen molar-refractivity contribution in [3.63, 3.8) is 0 Å². The van der Waals surface area contributed by atoms with Crippen LogP contribution in [-0.2, 0) is 10.0 Å². The summed E-state index contributed by atoms with van der Waals surface area (Å²) < 4.78 is 32.4. The number of methoxy groups -OCH3 is 1. The highest BCUT2D eigenvalue weighted by molar-refractivity contribution is 7.93. The molecule has 3 rings (SSSR count). The number of nitrogens with zero attached hydrogens (tertiary/aromatic N) is 3. The van der Waals surface area contributed by atoms with Crippen molar-refractivity contribution in [2.75, 3.05) is 11.8 Å². The predicted molar refractivity (Wildman–Crippen MR) is 85.2 cm³/mol. The van der Waals surface area contributed by atoms with Crippen molar-refractivity contribution in [1.29, 1.82) is 0 Å². The van der Waals surface area contributed by atoms with E-state index in [2.05, 4.69) is 24.9 Å². The summed E-state index contributed by atoms with van der Waals surface area (Å²) in [6.45, 7) is 1.65. The van der Waals surface area contributed by atoms with Gasteiger partial charge in [0.05, 0.1) is 7.11 Å².